The summed E-state index contributed by atoms with van der Waals surface area (Å²) < 4.78 is 0. The lowest BCUT2D eigenvalue weighted by atomic mass is 9.81. The van der Waals surface area contributed by atoms with Gasteiger partial charge >= 0.3 is 0 Å². The molecule has 1 N–H and O–H groups in total. The summed E-state index contributed by atoms with van der Waals surface area (Å²) in [5.41, 5.74) is 1.51. The third-order valence-corrected chi connectivity index (χ3v) is 5.07. The average molecular weight is 259 g/mol. The number of aliphatic hydroxyl groups is 1. The lowest BCUT2D eigenvalue weighted by Crippen LogP contribution is -2.42. The predicted molar refractivity (Wildman–Crippen MR) is 78.3 cm³/mol. The number of nitrogens with zero attached hydrogens (tertiary/aromatic N) is 1. The van der Waals surface area contributed by atoms with Crippen LogP contribution in [0, 0.1) is 0 Å². The zero-order chi connectivity index (χ0) is 13.1. The summed E-state index contributed by atoms with van der Waals surface area (Å²) in [5.74, 6) is 0.757. The van der Waals surface area contributed by atoms with Gasteiger partial charge < -0.3 is 5.11 Å². The summed E-state index contributed by atoms with van der Waals surface area (Å²) in [7, 11) is 0. The lowest BCUT2D eigenvalue weighted by molar-refractivity contribution is 0.0944. The Hall–Kier alpha value is -0.860. The molecule has 2 nitrogen and oxygen atoms in total. The molecule has 0 amide bonds. The maximum atomic E-state index is 9.46. The van der Waals surface area contributed by atoms with Crippen molar-refractivity contribution in [1.82, 2.24) is 4.90 Å². The van der Waals surface area contributed by atoms with Crippen molar-refractivity contribution in [3.05, 3.63) is 35.9 Å². The minimum absolute atomic E-state index is 0.346. The highest BCUT2D eigenvalue weighted by molar-refractivity contribution is 5.20. The fourth-order valence-corrected chi connectivity index (χ4v) is 4.00. The molecule has 0 spiro atoms. The highest BCUT2D eigenvalue weighted by Gasteiger charge is 2.33. The summed E-state index contributed by atoms with van der Waals surface area (Å²) in [5, 5.41) is 9.46. The molecule has 2 fully saturated rings. The molecule has 0 radical (unpaired) electrons. The van der Waals surface area contributed by atoms with E-state index in [1.54, 1.807) is 0 Å². The molecular weight excluding hydrogens is 234 g/mol. The highest BCUT2D eigenvalue weighted by Crippen LogP contribution is 2.36. The molecule has 19 heavy (non-hydrogen) atoms. The molecule has 0 aromatic heterocycles. The van der Waals surface area contributed by atoms with Gasteiger partial charge in [-0.2, -0.15) is 0 Å². The Morgan fingerprint density at radius 2 is 1.74 bits per heavy atom. The second kappa shape index (κ2) is 6.06. The van der Waals surface area contributed by atoms with Crippen molar-refractivity contribution in [3.63, 3.8) is 0 Å². The van der Waals surface area contributed by atoms with Crippen molar-refractivity contribution in [2.24, 2.45) is 0 Å². The summed E-state index contributed by atoms with van der Waals surface area (Å²) in [6, 6.07) is 12.1. The Kier molecular flexibility index (Phi) is 4.19. The summed E-state index contributed by atoms with van der Waals surface area (Å²) in [4.78, 5) is 2.58. The zero-order valence-corrected chi connectivity index (χ0v) is 11.7. The van der Waals surface area contributed by atoms with Gasteiger partial charge in [0.1, 0.15) is 0 Å². The van der Waals surface area contributed by atoms with E-state index in [1.807, 2.05) is 0 Å². The van der Waals surface area contributed by atoms with Crippen molar-refractivity contribution in [1.29, 1.82) is 0 Å². The van der Waals surface area contributed by atoms with Gasteiger partial charge in [-0.1, -0.05) is 30.3 Å². The maximum absolute atomic E-state index is 9.46. The monoisotopic (exact) mass is 259 g/mol. The van der Waals surface area contributed by atoms with Crippen LogP contribution in [0.1, 0.15) is 50.0 Å². The molecule has 1 aliphatic carbocycles. The van der Waals surface area contributed by atoms with E-state index in [1.165, 1.54) is 50.6 Å². The van der Waals surface area contributed by atoms with Crippen LogP contribution in [-0.2, 0) is 0 Å². The molecule has 1 unspecified atom stereocenters. The summed E-state index contributed by atoms with van der Waals surface area (Å²) in [6.45, 7) is 1.55. The first-order chi connectivity index (χ1) is 9.38. The van der Waals surface area contributed by atoms with E-state index >= 15 is 0 Å². The number of hydrogen-bond donors (Lipinski definition) is 1. The lowest BCUT2D eigenvalue weighted by Gasteiger charge is -2.37. The number of hydrogen-bond acceptors (Lipinski definition) is 2. The first kappa shape index (κ1) is 13.1. The minimum atomic E-state index is 0.346. The number of rotatable bonds is 3. The third-order valence-electron chi connectivity index (χ3n) is 5.07. The van der Waals surface area contributed by atoms with Gasteiger partial charge in [0.2, 0.25) is 0 Å². The Morgan fingerprint density at radius 3 is 2.42 bits per heavy atom. The van der Waals surface area contributed by atoms with Crippen molar-refractivity contribution in [2.75, 3.05) is 13.2 Å². The van der Waals surface area contributed by atoms with E-state index in [-0.39, 0.29) is 0 Å². The number of likely N-dealkylation sites (tertiary alicyclic amines) is 1. The third kappa shape index (κ3) is 2.85. The standard InChI is InChI=1S/C17H25NO/c19-13-17-7-4-12-18(17)16-10-8-15(9-11-16)14-5-2-1-3-6-14/h1-3,5-6,15-17,19H,4,7-13H2. The van der Waals surface area contributed by atoms with Crippen molar-refractivity contribution in [2.45, 2.75) is 56.5 Å². The molecule has 104 valence electrons. The van der Waals surface area contributed by atoms with E-state index in [0.717, 1.165) is 12.0 Å². The van der Waals surface area contributed by atoms with Gasteiger partial charge in [-0.05, 0) is 56.6 Å². The Morgan fingerprint density at radius 1 is 1.00 bits per heavy atom. The fraction of sp³-hybridized carbons (Fsp3) is 0.647. The number of benzene rings is 1. The molecule has 1 saturated heterocycles. The van der Waals surface area contributed by atoms with Crippen LogP contribution in [0.4, 0.5) is 0 Å². The first-order valence-corrected chi connectivity index (χ1v) is 7.80. The second-order valence-corrected chi connectivity index (χ2v) is 6.13. The smallest absolute Gasteiger partial charge is 0.0586 e. The molecule has 1 heterocycles. The molecule has 1 aliphatic heterocycles. The van der Waals surface area contributed by atoms with Crippen LogP contribution in [0.5, 0.6) is 0 Å². The molecule has 0 bridgehead atoms. The van der Waals surface area contributed by atoms with Gasteiger partial charge in [0.15, 0.2) is 0 Å². The van der Waals surface area contributed by atoms with Crippen LogP contribution < -0.4 is 0 Å². The van der Waals surface area contributed by atoms with E-state index < -0.39 is 0 Å². The summed E-state index contributed by atoms with van der Waals surface area (Å²) >= 11 is 0. The Labute approximate surface area is 116 Å². The van der Waals surface area contributed by atoms with Crippen molar-refractivity contribution < 1.29 is 5.11 Å². The average Bonchev–Trinajstić information content (AvgIpc) is 2.97. The first-order valence-electron chi connectivity index (χ1n) is 7.80. The largest absolute Gasteiger partial charge is 0.395 e. The number of aliphatic hydroxyl groups excluding tert-OH is 1. The van der Waals surface area contributed by atoms with E-state index in [2.05, 4.69) is 35.2 Å². The van der Waals surface area contributed by atoms with Crippen molar-refractivity contribution >= 4 is 0 Å². The van der Waals surface area contributed by atoms with E-state index in [0.29, 0.717) is 12.6 Å². The van der Waals surface area contributed by atoms with E-state index in [4.69, 9.17) is 0 Å². The minimum Gasteiger partial charge on any atom is -0.395 e. The van der Waals surface area contributed by atoms with Crippen LogP contribution >= 0.6 is 0 Å². The van der Waals surface area contributed by atoms with Crippen LogP contribution in [-0.4, -0.2) is 35.2 Å². The normalized spacial score (nSPS) is 32.6. The van der Waals surface area contributed by atoms with Gasteiger partial charge in [0, 0.05) is 12.1 Å². The molecule has 1 atom stereocenters. The highest BCUT2D eigenvalue weighted by atomic mass is 16.3. The molecule has 2 aliphatic rings. The van der Waals surface area contributed by atoms with Crippen LogP contribution in [0.2, 0.25) is 0 Å². The Bertz CT molecular complexity index is 384. The molecule has 1 aromatic carbocycles. The maximum Gasteiger partial charge on any atom is 0.0586 e. The zero-order valence-electron chi connectivity index (χ0n) is 11.7. The topological polar surface area (TPSA) is 23.5 Å². The van der Waals surface area contributed by atoms with Gasteiger partial charge in [0.05, 0.1) is 6.61 Å². The van der Waals surface area contributed by atoms with Crippen LogP contribution in [0.3, 0.4) is 0 Å². The predicted octanol–water partition coefficient (Wildman–Crippen LogP) is 3.17. The molecular formula is C17H25NO. The molecule has 3 rings (SSSR count). The second-order valence-electron chi connectivity index (χ2n) is 6.13. The van der Waals surface area contributed by atoms with Gasteiger partial charge in [-0.25, -0.2) is 0 Å². The fourth-order valence-electron chi connectivity index (χ4n) is 4.00. The molecule has 1 saturated carbocycles. The summed E-state index contributed by atoms with van der Waals surface area (Å²) in [6.07, 6.45) is 7.68. The van der Waals surface area contributed by atoms with Crippen LogP contribution in [0.25, 0.3) is 0 Å². The van der Waals surface area contributed by atoms with Gasteiger partial charge in [0.25, 0.3) is 0 Å². The molecule has 1 aromatic rings. The quantitative estimate of drug-likeness (QED) is 0.901. The van der Waals surface area contributed by atoms with Crippen LogP contribution in [0.15, 0.2) is 30.3 Å². The SMILES string of the molecule is OCC1CCCN1C1CCC(c2ccccc2)CC1. The van der Waals surface area contributed by atoms with Gasteiger partial charge in [-0.3, -0.25) is 4.90 Å². The van der Waals surface area contributed by atoms with Gasteiger partial charge in [-0.15, -0.1) is 0 Å². The molecule has 2 heteroatoms. The van der Waals surface area contributed by atoms with E-state index in [9.17, 15) is 5.11 Å². The Balaban J connectivity index is 1.58. The van der Waals surface area contributed by atoms with Crippen molar-refractivity contribution in [3.8, 4) is 0 Å².